The van der Waals surface area contributed by atoms with Crippen molar-refractivity contribution in [2.24, 2.45) is 4.99 Å². The Morgan fingerprint density at radius 3 is 2.55 bits per heavy atom. The number of esters is 1. The highest BCUT2D eigenvalue weighted by atomic mass is 35.5. The van der Waals surface area contributed by atoms with Crippen LogP contribution in [0.15, 0.2) is 69.6 Å². The number of fused-ring (bicyclic) bond motifs is 1. The second kappa shape index (κ2) is 9.49. The van der Waals surface area contributed by atoms with E-state index in [-0.39, 0.29) is 12.2 Å². The van der Waals surface area contributed by atoms with Crippen LogP contribution in [0.3, 0.4) is 0 Å². The Kier molecular flexibility index (Phi) is 6.68. The largest absolute Gasteiger partial charge is 0.463 e. The molecular weight excluding hydrogens is 456 g/mol. The summed E-state index contributed by atoms with van der Waals surface area (Å²) in [6, 6.07) is 14.8. The Bertz CT molecular complexity index is 1410. The van der Waals surface area contributed by atoms with E-state index < -0.39 is 12.0 Å². The van der Waals surface area contributed by atoms with Crippen LogP contribution < -0.4 is 14.9 Å². The van der Waals surface area contributed by atoms with Crippen molar-refractivity contribution in [1.82, 2.24) is 4.57 Å². The average molecular weight is 481 g/mol. The molecule has 3 aromatic rings. The fraction of sp³-hybridized carbons (Fsp3) is 0.269. The summed E-state index contributed by atoms with van der Waals surface area (Å²) in [5, 5.41) is 0.563. The van der Waals surface area contributed by atoms with Crippen LogP contribution in [0.25, 0.3) is 6.08 Å². The molecule has 170 valence electrons. The molecule has 4 rings (SSSR count). The van der Waals surface area contributed by atoms with E-state index in [0.717, 1.165) is 11.1 Å². The van der Waals surface area contributed by atoms with Crippen LogP contribution in [-0.4, -0.2) is 17.1 Å². The predicted molar refractivity (Wildman–Crippen MR) is 132 cm³/mol. The summed E-state index contributed by atoms with van der Waals surface area (Å²) < 4.78 is 7.44. The smallest absolute Gasteiger partial charge is 0.338 e. The third-order valence-electron chi connectivity index (χ3n) is 5.63. The number of rotatable bonds is 5. The van der Waals surface area contributed by atoms with Crippen molar-refractivity contribution in [3.05, 3.63) is 101 Å². The zero-order chi connectivity index (χ0) is 23.7. The van der Waals surface area contributed by atoms with E-state index in [0.29, 0.717) is 31.5 Å². The SMILES string of the molecule is CCOC(=O)C1=C(C)N=c2s/c(=C\c3ccccc3Cl)c(=O)n2[C@@H]1c1ccc(C(C)C)cc1. The first-order chi connectivity index (χ1) is 15.8. The van der Waals surface area contributed by atoms with Gasteiger partial charge in [0.05, 0.1) is 28.5 Å². The number of halogens is 1. The standard InChI is InChI=1S/C26H25ClN2O3S/c1-5-32-25(31)22-16(4)28-26-29(23(22)18-12-10-17(11-13-18)15(2)3)24(30)21(33-26)14-19-8-6-7-9-20(19)27/h6-15,23H,5H2,1-4H3/b21-14-/t23-/m1/s1. The molecule has 0 saturated carbocycles. The molecule has 0 saturated heterocycles. The van der Waals surface area contributed by atoms with Crippen LogP contribution >= 0.6 is 22.9 Å². The molecule has 7 heteroatoms. The molecule has 0 unspecified atom stereocenters. The molecule has 0 N–H and O–H groups in total. The lowest BCUT2D eigenvalue weighted by Gasteiger charge is -2.25. The summed E-state index contributed by atoms with van der Waals surface area (Å²) in [6.07, 6.45) is 1.77. The van der Waals surface area contributed by atoms with Crippen LogP contribution in [0.2, 0.25) is 5.02 Å². The molecule has 1 atom stereocenters. The number of allylic oxidation sites excluding steroid dienone is 1. The third kappa shape index (κ3) is 4.45. The number of hydrogen-bond donors (Lipinski definition) is 0. The summed E-state index contributed by atoms with van der Waals surface area (Å²) in [5.41, 5.74) is 3.49. The molecule has 2 aromatic carbocycles. The van der Waals surface area contributed by atoms with E-state index in [9.17, 15) is 9.59 Å². The van der Waals surface area contributed by atoms with Crippen molar-refractivity contribution in [1.29, 1.82) is 0 Å². The first kappa shape index (κ1) is 23.2. The number of benzene rings is 2. The van der Waals surface area contributed by atoms with Crippen molar-refractivity contribution in [2.45, 2.75) is 39.7 Å². The Hall–Kier alpha value is -2.96. The van der Waals surface area contributed by atoms with E-state index in [1.807, 2.05) is 42.5 Å². The van der Waals surface area contributed by atoms with Crippen LogP contribution in [0, 0.1) is 0 Å². The van der Waals surface area contributed by atoms with Gasteiger partial charge in [0, 0.05) is 5.02 Å². The maximum atomic E-state index is 13.6. The highest BCUT2D eigenvalue weighted by Gasteiger charge is 2.33. The monoisotopic (exact) mass is 480 g/mol. The summed E-state index contributed by atoms with van der Waals surface area (Å²) in [6.45, 7) is 8.04. The van der Waals surface area contributed by atoms with Gasteiger partial charge >= 0.3 is 5.97 Å². The Balaban J connectivity index is 1.95. The van der Waals surface area contributed by atoms with Crippen molar-refractivity contribution in [3.8, 4) is 0 Å². The van der Waals surface area contributed by atoms with Gasteiger partial charge in [-0.3, -0.25) is 9.36 Å². The Morgan fingerprint density at radius 1 is 1.21 bits per heavy atom. The van der Waals surface area contributed by atoms with Gasteiger partial charge in [-0.2, -0.15) is 0 Å². The third-order valence-corrected chi connectivity index (χ3v) is 6.95. The fourth-order valence-electron chi connectivity index (χ4n) is 3.90. The van der Waals surface area contributed by atoms with Gasteiger partial charge in [0.25, 0.3) is 5.56 Å². The Morgan fingerprint density at radius 2 is 1.91 bits per heavy atom. The van der Waals surface area contributed by atoms with Gasteiger partial charge in [-0.25, -0.2) is 9.79 Å². The molecule has 0 spiro atoms. The first-order valence-corrected chi connectivity index (χ1v) is 12.0. The van der Waals surface area contributed by atoms with E-state index in [1.54, 1.807) is 30.6 Å². The normalized spacial score (nSPS) is 16.1. The van der Waals surface area contributed by atoms with Gasteiger partial charge in [0.1, 0.15) is 0 Å². The molecule has 0 bridgehead atoms. The molecular formula is C26H25ClN2O3S. The van der Waals surface area contributed by atoms with Crippen LogP contribution in [0.1, 0.15) is 56.3 Å². The quantitative estimate of drug-likeness (QED) is 0.502. The molecule has 1 aromatic heterocycles. The number of carbonyl (C=O) groups is 1. The van der Waals surface area contributed by atoms with E-state index >= 15 is 0 Å². The van der Waals surface area contributed by atoms with Gasteiger partial charge in [-0.1, -0.05) is 79.2 Å². The minimum absolute atomic E-state index is 0.217. The maximum Gasteiger partial charge on any atom is 0.338 e. The van der Waals surface area contributed by atoms with Crippen LogP contribution in [0.4, 0.5) is 0 Å². The number of ether oxygens (including phenoxy) is 1. The van der Waals surface area contributed by atoms with Gasteiger partial charge in [-0.05, 0) is 48.6 Å². The van der Waals surface area contributed by atoms with Crippen molar-refractivity contribution >= 4 is 35.0 Å². The number of nitrogens with zero attached hydrogens (tertiary/aromatic N) is 2. The number of carbonyl (C=O) groups excluding carboxylic acids is 1. The molecule has 1 aliphatic rings. The molecule has 1 aliphatic heterocycles. The lowest BCUT2D eigenvalue weighted by Crippen LogP contribution is -2.39. The van der Waals surface area contributed by atoms with Gasteiger partial charge in [-0.15, -0.1) is 0 Å². The molecule has 33 heavy (non-hydrogen) atoms. The summed E-state index contributed by atoms with van der Waals surface area (Å²) in [5.74, 6) is -0.0875. The van der Waals surface area contributed by atoms with Gasteiger partial charge < -0.3 is 4.74 Å². The second-order valence-corrected chi connectivity index (χ2v) is 9.56. The van der Waals surface area contributed by atoms with Crippen molar-refractivity contribution < 1.29 is 9.53 Å². The minimum atomic E-state index is -0.616. The second-order valence-electron chi connectivity index (χ2n) is 8.15. The van der Waals surface area contributed by atoms with E-state index in [4.69, 9.17) is 16.3 Å². The van der Waals surface area contributed by atoms with Crippen LogP contribution in [-0.2, 0) is 9.53 Å². The average Bonchev–Trinajstić information content (AvgIpc) is 3.09. The van der Waals surface area contributed by atoms with E-state index in [2.05, 4.69) is 18.8 Å². The minimum Gasteiger partial charge on any atom is -0.463 e. The predicted octanol–water partition coefficient (Wildman–Crippen LogP) is 4.58. The summed E-state index contributed by atoms with van der Waals surface area (Å²) in [7, 11) is 0. The molecule has 0 amide bonds. The summed E-state index contributed by atoms with van der Waals surface area (Å²) >= 11 is 7.60. The molecule has 2 heterocycles. The molecule has 0 fully saturated rings. The molecule has 0 aliphatic carbocycles. The molecule has 0 radical (unpaired) electrons. The lowest BCUT2D eigenvalue weighted by atomic mass is 9.93. The lowest BCUT2D eigenvalue weighted by molar-refractivity contribution is -0.139. The fourth-order valence-corrected chi connectivity index (χ4v) is 5.13. The van der Waals surface area contributed by atoms with Gasteiger partial charge in [0.15, 0.2) is 4.80 Å². The van der Waals surface area contributed by atoms with Crippen LogP contribution in [0.5, 0.6) is 0 Å². The van der Waals surface area contributed by atoms with Crippen molar-refractivity contribution in [3.63, 3.8) is 0 Å². The first-order valence-electron chi connectivity index (χ1n) is 10.9. The molecule has 5 nitrogen and oxygen atoms in total. The van der Waals surface area contributed by atoms with E-state index in [1.165, 1.54) is 16.9 Å². The zero-order valence-electron chi connectivity index (χ0n) is 19.0. The zero-order valence-corrected chi connectivity index (χ0v) is 20.5. The van der Waals surface area contributed by atoms with Gasteiger partial charge in [0.2, 0.25) is 0 Å². The number of thiazole rings is 1. The topological polar surface area (TPSA) is 60.7 Å². The highest BCUT2D eigenvalue weighted by Crippen LogP contribution is 2.31. The Labute approximate surface area is 201 Å². The maximum absolute atomic E-state index is 13.6. The van der Waals surface area contributed by atoms with Crippen molar-refractivity contribution in [2.75, 3.05) is 6.61 Å². The number of aromatic nitrogens is 1. The highest BCUT2D eigenvalue weighted by molar-refractivity contribution is 7.07. The number of hydrogen-bond acceptors (Lipinski definition) is 5. The summed E-state index contributed by atoms with van der Waals surface area (Å²) in [4.78, 5) is 31.7.